The zero-order valence-corrected chi connectivity index (χ0v) is 18.2. The van der Waals surface area contributed by atoms with Crippen LogP contribution >= 0.6 is 24.0 Å². The molecule has 0 heterocycles. The highest BCUT2D eigenvalue weighted by Crippen LogP contribution is 2.21. The number of alkyl halides is 1. The van der Waals surface area contributed by atoms with E-state index in [1.54, 1.807) is 0 Å². The Morgan fingerprint density at radius 2 is 1.33 bits per heavy atom. The minimum Gasteiger partial charge on any atom is -0.393 e. The predicted molar refractivity (Wildman–Crippen MR) is 112 cm³/mol. The third-order valence-electron chi connectivity index (χ3n) is 4.84. The number of aliphatic hydroxyl groups excluding tert-OH is 1. The number of rotatable bonds is 16. The summed E-state index contributed by atoms with van der Waals surface area (Å²) in [6, 6.07) is 0.418. The minimum atomic E-state index is -0.243. The highest BCUT2D eigenvalue weighted by atomic mass is 35.5. The minimum absolute atomic E-state index is 0. The van der Waals surface area contributed by atoms with Crippen LogP contribution in [-0.2, 0) is 0 Å². The van der Waals surface area contributed by atoms with Gasteiger partial charge in [-0.3, -0.25) is 0 Å². The molecule has 0 aliphatic carbocycles. The topological polar surface area (TPSA) is 23.5 Å². The Kier molecular flexibility index (Phi) is 20.4. The number of unbranched alkanes of at least 4 members (excludes halogenated alkanes) is 7. The first-order valence-corrected chi connectivity index (χ1v) is 10.5. The molecule has 0 amide bonds. The second kappa shape index (κ2) is 18.3. The first-order chi connectivity index (χ1) is 11.0. The van der Waals surface area contributed by atoms with E-state index < -0.39 is 0 Å². The van der Waals surface area contributed by atoms with Crippen molar-refractivity contribution < 1.29 is 5.11 Å². The third-order valence-corrected chi connectivity index (χ3v) is 5.24. The fraction of sp³-hybridized carbons (Fsp3) is 1.00. The van der Waals surface area contributed by atoms with Crippen molar-refractivity contribution in [1.82, 2.24) is 4.90 Å². The Hall–Kier alpha value is 0.500. The van der Waals surface area contributed by atoms with E-state index in [0.29, 0.717) is 6.04 Å². The Morgan fingerprint density at radius 1 is 0.833 bits per heavy atom. The molecule has 0 spiro atoms. The lowest BCUT2D eigenvalue weighted by atomic mass is 9.99. The number of aliphatic hydroxyl groups is 1. The maximum Gasteiger partial charge on any atom is 0.0527 e. The molecule has 0 aromatic rings. The molecule has 1 N–H and O–H groups in total. The van der Waals surface area contributed by atoms with Gasteiger partial charge in [0.05, 0.1) is 6.10 Å². The molecular formula is C20H43Cl2NO. The van der Waals surface area contributed by atoms with Crippen molar-refractivity contribution in [3.63, 3.8) is 0 Å². The van der Waals surface area contributed by atoms with E-state index >= 15 is 0 Å². The van der Waals surface area contributed by atoms with E-state index in [0.717, 1.165) is 32.4 Å². The van der Waals surface area contributed by atoms with E-state index in [1.165, 1.54) is 51.4 Å². The monoisotopic (exact) mass is 383 g/mol. The Balaban J connectivity index is 0. The maximum atomic E-state index is 9.74. The van der Waals surface area contributed by atoms with Gasteiger partial charge in [0, 0.05) is 11.4 Å². The summed E-state index contributed by atoms with van der Waals surface area (Å²) in [5, 5.41) is 9.99. The van der Waals surface area contributed by atoms with Crippen molar-refractivity contribution in [2.24, 2.45) is 0 Å². The predicted octanol–water partition coefficient (Wildman–Crippen LogP) is 6.42. The van der Waals surface area contributed by atoms with E-state index in [9.17, 15) is 5.11 Å². The van der Waals surface area contributed by atoms with Gasteiger partial charge in [0.25, 0.3) is 0 Å². The molecule has 3 unspecified atom stereocenters. The average Bonchev–Trinajstić information content (AvgIpc) is 2.50. The maximum absolute atomic E-state index is 9.74. The van der Waals surface area contributed by atoms with Crippen LogP contribution in [0.25, 0.3) is 0 Å². The van der Waals surface area contributed by atoms with Gasteiger partial charge >= 0.3 is 0 Å². The van der Waals surface area contributed by atoms with Gasteiger partial charge in [-0.05, 0) is 39.3 Å². The van der Waals surface area contributed by atoms with Gasteiger partial charge in [0.1, 0.15) is 0 Å². The number of nitrogens with zero attached hydrogens (tertiary/aromatic N) is 1. The van der Waals surface area contributed by atoms with Gasteiger partial charge in [-0.1, -0.05) is 72.1 Å². The van der Waals surface area contributed by atoms with Crippen LogP contribution in [0, 0.1) is 0 Å². The molecule has 0 bridgehead atoms. The van der Waals surface area contributed by atoms with Gasteiger partial charge < -0.3 is 10.0 Å². The number of halogens is 2. The van der Waals surface area contributed by atoms with Gasteiger partial charge in [-0.15, -0.1) is 24.0 Å². The van der Waals surface area contributed by atoms with Crippen LogP contribution in [0.5, 0.6) is 0 Å². The van der Waals surface area contributed by atoms with E-state index in [1.807, 2.05) is 6.92 Å². The van der Waals surface area contributed by atoms with E-state index in [-0.39, 0.29) is 23.9 Å². The summed E-state index contributed by atoms with van der Waals surface area (Å²) in [5.41, 5.74) is 0. The summed E-state index contributed by atoms with van der Waals surface area (Å²) in [7, 11) is 0. The second-order valence-electron chi connectivity index (χ2n) is 7.06. The van der Waals surface area contributed by atoms with Crippen LogP contribution in [0.2, 0.25) is 0 Å². The lowest BCUT2D eigenvalue weighted by Crippen LogP contribution is -2.38. The number of hydrogen-bond donors (Lipinski definition) is 1. The second-order valence-corrected chi connectivity index (χ2v) is 7.67. The van der Waals surface area contributed by atoms with Crippen molar-refractivity contribution in [3.8, 4) is 0 Å². The van der Waals surface area contributed by atoms with Crippen LogP contribution in [0.4, 0.5) is 0 Å². The molecule has 0 aliphatic rings. The zero-order chi connectivity index (χ0) is 17.5. The molecule has 0 saturated carbocycles. The number of hydrogen-bond acceptors (Lipinski definition) is 2. The lowest BCUT2D eigenvalue weighted by Gasteiger charge is -2.32. The lowest BCUT2D eigenvalue weighted by molar-refractivity contribution is 0.112. The molecule has 0 aromatic heterocycles. The molecule has 3 atom stereocenters. The molecule has 0 saturated heterocycles. The van der Waals surface area contributed by atoms with Crippen LogP contribution < -0.4 is 0 Å². The van der Waals surface area contributed by atoms with Crippen molar-refractivity contribution >= 4 is 24.0 Å². The molecule has 0 radical (unpaired) electrons. The van der Waals surface area contributed by atoms with Crippen LogP contribution in [0.15, 0.2) is 0 Å². The van der Waals surface area contributed by atoms with E-state index in [4.69, 9.17) is 11.6 Å². The fourth-order valence-corrected chi connectivity index (χ4v) is 3.80. The van der Waals surface area contributed by atoms with Crippen LogP contribution in [-0.4, -0.2) is 40.6 Å². The van der Waals surface area contributed by atoms with Crippen molar-refractivity contribution in [1.29, 1.82) is 0 Å². The molecule has 24 heavy (non-hydrogen) atoms. The summed E-state index contributed by atoms with van der Waals surface area (Å²) in [6.07, 6.45) is 13.6. The first kappa shape index (κ1) is 26.7. The summed E-state index contributed by atoms with van der Waals surface area (Å²) in [5.74, 6) is 0. The molecule has 0 fully saturated rings. The highest BCUT2D eigenvalue weighted by molar-refractivity contribution is 6.20. The zero-order valence-electron chi connectivity index (χ0n) is 16.6. The van der Waals surface area contributed by atoms with Gasteiger partial charge in [-0.2, -0.15) is 0 Å². The summed E-state index contributed by atoms with van der Waals surface area (Å²) >= 11 is 6.59. The smallest absolute Gasteiger partial charge is 0.0527 e. The summed E-state index contributed by atoms with van der Waals surface area (Å²) < 4.78 is 0. The van der Waals surface area contributed by atoms with Crippen molar-refractivity contribution in [3.05, 3.63) is 0 Å². The van der Waals surface area contributed by atoms with Gasteiger partial charge in [0.2, 0.25) is 0 Å². The summed E-state index contributed by atoms with van der Waals surface area (Å²) in [4.78, 5) is 2.44. The molecule has 148 valence electrons. The van der Waals surface area contributed by atoms with Gasteiger partial charge in [-0.25, -0.2) is 0 Å². The average molecular weight is 384 g/mol. The molecule has 4 heteroatoms. The van der Waals surface area contributed by atoms with Crippen molar-refractivity contribution in [2.45, 2.75) is 116 Å². The Bertz CT molecular complexity index is 248. The Labute approximate surface area is 163 Å². The van der Waals surface area contributed by atoms with Crippen LogP contribution in [0.3, 0.4) is 0 Å². The van der Waals surface area contributed by atoms with Crippen LogP contribution in [0.1, 0.15) is 98.3 Å². The molecule has 0 rings (SSSR count). The van der Waals surface area contributed by atoms with E-state index in [2.05, 4.69) is 25.7 Å². The molecule has 2 nitrogen and oxygen atoms in total. The largest absolute Gasteiger partial charge is 0.393 e. The standard InChI is InChI=1S/C20H42ClNO.ClH/c1-5-8-9-10-11-12-13-14-15-19(21)17-20(16-18(4)23)22(6-2)7-3;/h18-20,23H,5-17H2,1-4H3;1H. The van der Waals surface area contributed by atoms with Gasteiger partial charge in [0.15, 0.2) is 0 Å². The Morgan fingerprint density at radius 3 is 1.79 bits per heavy atom. The summed E-state index contributed by atoms with van der Waals surface area (Å²) in [6.45, 7) is 10.6. The first-order valence-electron chi connectivity index (χ1n) is 10.1. The molecular weight excluding hydrogens is 341 g/mol. The van der Waals surface area contributed by atoms with Crippen molar-refractivity contribution in [2.75, 3.05) is 13.1 Å². The SMILES string of the molecule is CCCCCCCCCCC(Cl)CC(CC(C)O)N(CC)CC.Cl. The highest BCUT2D eigenvalue weighted by Gasteiger charge is 2.21. The normalized spacial score (nSPS) is 15.1. The quantitative estimate of drug-likeness (QED) is 0.245. The fourth-order valence-electron chi connectivity index (χ4n) is 3.44. The third kappa shape index (κ3) is 14.8. The molecule has 0 aliphatic heterocycles. The molecule has 0 aromatic carbocycles.